The highest BCUT2D eigenvalue weighted by molar-refractivity contribution is 6.23. The molecule has 3 saturated heterocycles. The summed E-state index contributed by atoms with van der Waals surface area (Å²) in [5.74, 6) is -1.27. The number of aryl methyl sites for hydroxylation is 1. The van der Waals surface area contributed by atoms with Gasteiger partial charge in [-0.2, -0.15) is 0 Å². The van der Waals surface area contributed by atoms with Crippen molar-refractivity contribution in [1.82, 2.24) is 34.2 Å². The molecule has 5 aliphatic heterocycles. The first-order valence-corrected chi connectivity index (χ1v) is 23.8. The Balaban J connectivity index is 0.735. The van der Waals surface area contributed by atoms with Crippen molar-refractivity contribution in [2.75, 3.05) is 59.3 Å². The van der Waals surface area contributed by atoms with Gasteiger partial charge < -0.3 is 29.4 Å². The van der Waals surface area contributed by atoms with E-state index < -0.39 is 29.7 Å². The van der Waals surface area contributed by atoms with Crippen molar-refractivity contribution in [2.24, 2.45) is 12.5 Å². The molecule has 1 aromatic carbocycles. The number of hydrogen-bond donors (Lipinski definition) is 3. The number of anilines is 5. The normalized spacial score (nSPS) is 22.3. The lowest BCUT2D eigenvalue weighted by molar-refractivity contribution is -0.136. The Morgan fingerprint density at radius 1 is 0.826 bits per heavy atom. The number of hydrogen-bond acceptors (Lipinski definition) is 13. The smallest absolute Gasteiger partial charge is 0.276 e. The molecular weight excluding hydrogens is 879 g/mol. The van der Waals surface area contributed by atoms with E-state index in [2.05, 4.69) is 55.7 Å². The van der Waals surface area contributed by atoms with E-state index in [1.54, 1.807) is 48.6 Å². The van der Waals surface area contributed by atoms with Crippen LogP contribution in [0.15, 0.2) is 71.9 Å². The summed E-state index contributed by atoms with van der Waals surface area (Å²) in [5, 5.41) is 16.3. The second kappa shape index (κ2) is 16.8. The molecule has 0 bridgehead atoms. The number of carbonyl (C=O) groups excluding carboxylic acids is 5. The SMILES string of the molecule is C[C@H]1CN([C@@H]2CCN(c3ccc4c(c3)C(=O)N(C3CCC(=O)NC3=O)C4=O)C2)CCN1c1ccc(Nc2cc(-c3ccnc(N4CCn5c(cc6c5CC(C)(C)C6)C4=O)c3CO)cn(C)c2=O)nc1. The Hall–Kier alpha value is -7.18. The van der Waals surface area contributed by atoms with Gasteiger partial charge in [0.05, 0.1) is 29.6 Å². The summed E-state index contributed by atoms with van der Waals surface area (Å²) in [6, 6.07) is 14.2. The number of rotatable bonds is 9. The van der Waals surface area contributed by atoms with Gasteiger partial charge in [0, 0.05) is 106 Å². The number of piperazine rings is 1. The number of aliphatic hydroxyl groups is 1. The average Bonchev–Trinajstić information content (AvgIpc) is 4.09. The molecule has 1 unspecified atom stereocenters. The topological polar surface area (TPSA) is 199 Å². The number of aliphatic hydroxyl groups excluding tert-OH is 1. The fourth-order valence-electron chi connectivity index (χ4n) is 11.6. The standard InChI is InChI=1S/C51H55N11O7/c1-29-25-58(34-12-14-57(27-34)32-5-7-36-37(21-32)48(67)62(47(36)66)40-8-10-44(64)55-46(40)65)15-16-59(29)33-6-9-43(53-24-33)54-39-19-31(26-56(4)49(39)68)35-11-13-52-45(38(35)28-63)61-18-17-60-41(50(61)69)20-30-22-51(2,3)23-42(30)60/h5-7,9,11,13,19-21,24,26,29,34,40,63H,8,10,12,14-18,22-23,25,27-28H2,1-4H3,(H,53,54)(H,55,64,65)/t29-,34+,40?/m0/s1. The maximum atomic E-state index is 14.0. The van der Waals surface area contributed by atoms with Crippen LogP contribution in [0.1, 0.15) is 88.1 Å². The van der Waals surface area contributed by atoms with Gasteiger partial charge in [-0.15, -0.1) is 0 Å². The Labute approximate surface area is 398 Å². The minimum absolute atomic E-state index is 0.0734. The number of imide groups is 2. The van der Waals surface area contributed by atoms with Crippen LogP contribution in [0.5, 0.6) is 0 Å². The molecule has 5 amide bonds. The van der Waals surface area contributed by atoms with Crippen LogP contribution in [0, 0.1) is 5.41 Å². The molecule has 356 valence electrons. The second-order valence-electron chi connectivity index (χ2n) is 20.1. The number of fused-ring (bicyclic) bond motifs is 4. The van der Waals surface area contributed by atoms with Gasteiger partial charge in [0.25, 0.3) is 23.3 Å². The summed E-state index contributed by atoms with van der Waals surface area (Å²) in [6.07, 6.45) is 8.19. The van der Waals surface area contributed by atoms with Crippen molar-refractivity contribution in [1.29, 1.82) is 0 Å². The van der Waals surface area contributed by atoms with Crippen LogP contribution < -0.4 is 30.9 Å². The monoisotopic (exact) mass is 933 g/mol. The van der Waals surface area contributed by atoms with Crippen molar-refractivity contribution in [3.8, 4) is 11.1 Å². The predicted octanol–water partition coefficient (Wildman–Crippen LogP) is 3.86. The minimum Gasteiger partial charge on any atom is -0.392 e. The van der Waals surface area contributed by atoms with E-state index >= 15 is 0 Å². The van der Waals surface area contributed by atoms with Gasteiger partial charge in [0.1, 0.15) is 29.1 Å². The van der Waals surface area contributed by atoms with Gasteiger partial charge in [0.15, 0.2) is 0 Å². The third-order valence-electron chi connectivity index (χ3n) is 15.0. The van der Waals surface area contributed by atoms with Crippen molar-refractivity contribution in [3.63, 3.8) is 0 Å². The van der Waals surface area contributed by atoms with Gasteiger partial charge in [0.2, 0.25) is 11.8 Å². The molecule has 1 aliphatic carbocycles. The largest absolute Gasteiger partial charge is 0.392 e. The number of piperidine rings is 1. The van der Waals surface area contributed by atoms with Crippen LogP contribution >= 0.6 is 0 Å². The van der Waals surface area contributed by atoms with E-state index in [1.165, 1.54) is 15.8 Å². The van der Waals surface area contributed by atoms with Gasteiger partial charge in [-0.3, -0.25) is 48.8 Å². The summed E-state index contributed by atoms with van der Waals surface area (Å²) in [4.78, 5) is 97.6. The molecule has 9 heterocycles. The van der Waals surface area contributed by atoms with Gasteiger partial charge in [-0.1, -0.05) is 13.8 Å². The predicted molar refractivity (Wildman–Crippen MR) is 258 cm³/mol. The summed E-state index contributed by atoms with van der Waals surface area (Å²) < 4.78 is 3.65. The minimum atomic E-state index is -1.00. The van der Waals surface area contributed by atoms with Crippen LogP contribution in [0.2, 0.25) is 0 Å². The first-order valence-electron chi connectivity index (χ1n) is 23.8. The first-order chi connectivity index (χ1) is 33.2. The molecule has 18 heteroatoms. The molecule has 3 fully saturated rings. The van der Waals surface area contributed by atoms with E-state index in [0.717, 1.165) is 68.3 Å². The molecule has 5 aromatic rings. The molecule has 18 nitrogen and oxygen atoms in total. The highest BCUT2D eigenvalue weighted by Gasteiger charge is 2.45. The van der Waals surface area contributed by atoms with E-state index in [0.29, 0.717) is 58.8 Å². The lowest BCUT2D eigenvalue weighted by atomic mass is 9.90. The van der Waals surface area contributed by atoms with Crippen molar-refractivity contribution in [3.05, 3.63) is 111 Å². The van der Waals surface area contributed by atoms with Crippen LogP contribution in [0.25, 0.3) is 11.1 Å². The maximum Gasteiger partial charge on any atom is 0.276 e. The lowest BCUT2D eigenvalue weighted by Crippen LogP contribution is -2.55. The molecule has 6 aliphatic rings. The highest BCUT2D eigenvalue weighted by atomic mass is 16.3. The Bertz CT molecular complexity index is 3050. The van der Waals surface area contributed by atoms with Gasteiger partial charge in [-0.05, 0) is 97.7 Å². The highest BCUT2D eigenvalue weighted by Crippen LogP contribution is 2.41. The molecule has 69 heavy (non-hydrogen) atoms. The van der Waals surface area contributed by atoms with Crippen LogP contribution in [-0.4, -0.2) is 121 Å². The molecule has 3 N–H and O–H groups in total. The van der Waals surface area contributed by atoms with E-state index in [9.17, 15) is 33.9 Å². The van der Waals surface area contributed by atoms with Crippen LogP contribution in [0.4, 0.5) is 28.7 Å². The Morgan fingerprint density at radius 3 is 2.41 bits per heavy atom. The number of nitrogens with one attached hydrogen (secondary N) is 2. The first kappa shape index (κ1) is 44.3. The summed E-state index contributed by atoms with van der Waals surface area (Å²) in [6.45, 7) is 11.5. The third kappa shape index (κ3) is 7.65. The number of amides is 5. The zero-order valence-electron chi connectivity index (χ0n) is 39.2. The summed E-state index contributed by atoms with van der Waals surface area (Å²) in [7, 11) is 1.68. The zero-order valence-corrected chi connectivity index (χ0v) is 39.2. The Kier molecular flexibility index (Phi) is 10.8. The quantitative estimate of drug-likeness (QED) is 0.181. The van der Waals surface area contributed by atoms with Gasteiger partial charge in [-0.25, -0.2) is 9.97 Å². The number of pyridine rings is 3. The molecular formula is C51H55N11O7. The van der Waals surface area contributed by atoms with Crippen LogP contribution in [0.3, 0.4) is 0 Å². The number of benzene rings is 1. The number of aromatic nitrogens is 4. The second-order valence-corrected chi connectivity index (χ2v) is 20.1. The molecule has 3 atom stereocenters. The van der Waals surface area contributed by atoms with E-state index in [1.807, 2.05) is 30.5 Å². The van der Waals surface area contributed by atoms with E-state index in [4.69, 9.17) is 4.98 Å². The molecule has 4 aromatic heterocycles. The maximum absolute atomic E-state index is 14.0. The molecule has 11 rings (SSSR count). The zero-order chi connectivity index (χ0) is 48.0. The summed E-state index contributed by atoms with van der Waals surface area (Å²) >= 11 is 0. The Morgan fingerprint density at radius 2 is 1.64 bits per heavy atom. The number of nitrogens with zero attached hydrogens (tertiary/aromatic N) is 9. The van der Waals surface area contributed by atoms with Crippen LogP contribution in [-0.2, 0) is 42.6 Å². The van der Waals surface area contributed by atoms with Crippen molar-refractivity contribution >= 4 is 58.2 Å². The molecule has 0 radical (unpaired) electrons. The third-order valence-corrected chi connectivity index (χ3v) is 15.0. The fourth-order valence-corrected chi connectivity index (χ4v) is 11.6. The van der Waals surface area contributed by atoms with Crippen molar-refractivity contribution < 1.29 is 29.1 Å². The number of carbonyl (C=O) groups is 5. The fraction of sp³-hybridized carbons (Fsp3) is 0.412. The average molecular weight is 934 g/mol. The summed E-state index contributed by atoms with van der Waals surface area (Å²) in [5.41, 5.74) is 7.57. The molecule has 0 saturated carbocycles. The molecule has 0 spiro atoms. The van der Waals surface area contributed by atoms with Crippen molar-refractivity contribution in [2.45, 2.75) is 84.2 Å². The van der Waals surface area contributed by atoms with Gasteiger partial charge >= 0.3 is 0 Å². The lowest BCUT2D eigenvalue weighted by Gasteiger charge is -2.43. The van der Waals surface area contributed by atoms with E-state index in [-0.39, 0.29) is 53.5 Å².